The second kappa shape index (κ2) is 4.41. The van der Waals surface area contributed by atoms with E-state index in [0.717, 1.165) is 38.9 Å². The lowest BCUT2D eigenvalue weighted by atomic mass is 10.2. The first-order valence-electron chi connectivity index (χ1n) is 5.77. The van der Waals surface area contributed by atoms with E-state index in [1.165, 1.54) is 13.1 Å². The van der Waals surface area contributed by atoms with Gasteiger partial charge in [-0.25, -0.2) is 0 Å². The Balaban J connectivity index is 1.80. The van der Waals surface area contributed by atoms with E-state index in [9.17, 15) is 4.79 Å². The Kier molecular flexibility index (Phi) is 3.19. The number of hydrogen-bond donors (Lipinski definition) is 0. The number of piperazine rings is 1. The van der Waals surface area contributed by atoms with Crippen molar-refractivity contribution >= 4 is 5.78 Å². The van der Waals surface area contributed by atoms with E-state index in [2.05, 4.69) is 16.7 Å². The van der Waals surface area contributed by atoms with Crippen molar-refractivity contribution in [2.75, 3.05) is 32.7 Å². The summed E-state index contributed by atoms with van der Waals surface area (Å²) < 4.78 is 0. The molecule has 1 heterocycles. The van der Waals surface area contributed by atoms with Crippen LogP contribution in [0.25, 0.3) is 0 Å². The standard InChI is InChI=1S/C11H20N2O/c1-2-12-5-7-13(8-6-12)10-3-4-11(14)9-10/h10H,2-9H2,1H3. The molecule has 0 spiro atoms. The molecule has 0 radical (unpaired) electrons. The lowest BCUT2D eigenvalue weighted by molar-refractivity contribution is -0.117. The summed E-state index contributed by atoms with van der Waals surface area (Å²) in [5.74, 6) is 0.466. The second-order valence-corrected chi connectivity index (χ2v) is 4.41. The molecule has 1 aliphatic heterocycles. The molecular formula is C11H20N2O. The lowest BCUT2D eigenvalue weighted by Crippen LogP contribution is -2.49. The average Bonchev–Trinajstić information content (AvgIpc) is 2.65. The number of nitrogens with zero attached hydrogens (tertiary/aromatic N) is 2. The van der Waals surface area contributed by atoms with Gasteiger partial charge in [0.2, 0.25) is 0 Å². The van der Waals surface area contributed by atoms with Gasteiger partial charge in [-0.15, -0.1) is 0 Å². The third kappa shape index (κ3) is 2.15. The number of carbonyl (C=O) groups excluding carboxylic acids is 1. The summed E-state index contributed by atoms with van der Waals surface area (Å²) in [6, 6.07) is 0.571. The monoisotopic (exact) mass is 196 g/mol. The Bertz CT molecular complexity index is 209. The molecule has 0 aromatic heterocycles. The van der Waals surface area contributed by atoms with Gasteiger partial charge in [0.05, 0.1) is 0 Å². The first-order valence-corrected chi connectivity index (χ1v) is 5.77. The fraction of sp³-hybridized carbons (Fsp3) is 0.909. The molecule has 3 heteroatoms. The molecule has 1 atom stereocenters. The maximum atomic E-state index is 11.2. The van der Waals surface area contributed by atoms with Gasteiger partial charge < -0.3 is 4.90 Å². The summed E-state index contributed by atoms with van der Waals surface area (Å²) in [6.07, 6.45) is 2.73. The van der Waals surface area contributed by atoms with Gasteiger partial charge in [0.25, 0.3) is 0 Å². The minimum Gasteiger partial charge on any atom is -0.301 e. The Morgan fingerprint density at radius 2 is 2.00 bits per heavy atom. The predicted molar refractivity (Wildman–Crippen MR) is 56.3 cm³/mol. The fourth-order valence-corrected chi connectivity index (χ4v) is 2.55. The van der Waals surface area contributed by atoms with Gasteiger partial charge in [0.15, 0.2) is 0 Å². The Morgan fingerprint density at radius 3 is 2.50 bits per heavy atom. The second-order valence-electron chi connectivity index (χ2n) is 4.41. The normalized spacial score (nSPS) is 31.2. The molecule has 3 nitrogen and oxygen atoms in total. The van der Waals surface area contributed by atoms with Crippen LogP contribution in [0.15, 0.2) is 0 Å². The van der Waals surface area contributed by atoms with E-state index >= 15 is 0 Å². The van der Waals surface area contributed by atoms with E-state index in [0.29, 0.717) is 11.8 Å². The quantitative estimate of drug-likeness (QED) is 0.651. The van der Waals surface area contributed by atoms with E-state index in [-0.39, 0.29) is 0 Å². The molecule has 2 aliphatic rings. The highest BCUT2D eigenvalue weighted by atomic mass is 16.1. The predicted octanol–water partition coefficient (Wildman–Crippen LogP) is 0.745. The van der Waals surface area contributed by atoms with Crippen LogP contribution in [-0.4, -0.2) is 54.3 Å². The van der Waals surface area contributed by atoms with E-state index in [4.69, 9.17) is 0 Å². The summed E-state index contributed by atoms with van der Waals surface area (Å²) in [6.45, 7) is 8.06. The van der Waals surface area contributed by atoms with Crippen molar-refractivity contribution in [3.8, 4) is 0 Å². The smallest absolute Gasteiger partial charge is 0.134 e. The number of carbonyl (C=O) groups is 1. The largest absolute Gasteiger partial charge is 0.301 e. The van der Waals surface area contributed by atoms with Crippen LogP contribution in [-0.2, 0) is 4.79 Å². The topological polar surface area (TPSA) is 23.6 Å². The van der Waals surface area contributed by atoms with Gasteiger partial charge >= 0.3 is 0 Å². The molecule has 1 aliphatic carbocycles. The van der Waals surface area contributed by atoms with E-state index in [1.807, 2.05) is 0 Å². The van der Waals surface area contributed by atoms with Crippen LogP contribution in [0.5, 0.6) is 0 Å². The third-order valence-electron chi connectivity index (χ3n) is 3.59. The number of ketones is 1. The highest BCUT2D eigenvalue weighted by Gasteiger charge is 2.29. The molecule has 1 saturated carbocycles. The van der Waals surface area contributed by atoms with Crippen LogP contribution >= 0.6 is 0 Å². The fourth-order valence-electron chi connectivity index (χ4n) is 2.55. The highest BCUT2D eigenvalue weighted by molar-refractivity contribution is 5.81. The van der Waals surface area contributed by atoms with Crippen LogP contribution in [0, 0.1) is 0 Å². The molecule has 0 bridgehead atoms. The molecule has 1 saturated heterocycles. The Hall–Kier alpha value is -0.410. The van der Waals surface area contributed by atoms with Gasteiger partial charge in [-0.05, 0) is 13.0 Å². The number of likely N-dealkylation sites (N-methyl/N-ethyl adjacent to an activating group) is 1. The third-order valence-corrected chi connectivity index (χ3v) is 3.59. The van der Waals surface area contributed by atoms with E-state index < -0.39 is 0 Å². The minimum atomic E-state index is 0.466. The lowest BCUT2D eigenvalue weighted by Gasteiger charge is -2.37. The molecule has 1 unspecified atom stereocenters. The highest BCUT2D eigenvalue weighted by Crippen LogP contribution is 2.21. The van der Waals surface area contributed by atoms with Crippen molar-refractivity contribution in [2.24, 2.45) is 0 Å². The molecule has 0 aromatic rings. The SMILES string of the molecule is CCN1CCN(C2CCC(=O)C2)CC1. The van der Waals surface area contributed by atoms with Crippen molar-refractivity contribution in [3.63, 3.8) is 0 Å². The summed E-state index contributed by atoms with van der Waals surface area (Å²) in [5.41, 5.74) is 0. The first kappa shape index (κ1) is 10.1. The number of rotatable bonds is 2. The Morgan fingerprint density at radius 1 is 1.29 bits per heavy atom. The summed E-state index contributed by atoms with van der Waals surface area (Å²) >= 11 is 0. The Labute approximate surface area is 86.1 Å². The average molecular weight is 196 g/mol. The number of hydrogen-bond acceptors (Lipinski definition) is 3. The minimum absolute atomic E-state index is 0.466. The molecule has 2 fully saturated rings. The first-order chi connectivity index (χ1) is 6.79. The molecule has 0 aromatic carbocycles. The van der Waals surface area contributed by atoms with Gasteiger partial charge in [-0.3, -0.25) is 9.69 Å². The zero-order valence-electron chi connectivity index (χ0n) is 9.04. The van der Waals surface area contributed by atoms with Crippen LogP contribution in [0.3, 0.4) is 0 Å². The summed E-state index contributed by atoms with van der Waals surface area (Å²) in [4.78, 5) is 16.2. The zero-order valence-corrected chi connectivity index (χ0v) is 9.04. The maximum Gasteiger partial charge on any atom is 0.134 e. The van der Waals surface area contributed by atoms with Crippen molar-refractivity contribution in [2.45, 2.75) is 32.2 Å². The molecule has 2 rings (SSSR count). The van der Waals surface area contributed by atoms with E-state index in [1.54, 1.807) is 0 Å². The summed E-state index contributed by atoms with van der Waals surface area (Å²) in [5, 5.41) is 0. The van der Waals surface area contributed by atoms with Crippen molar-refractivity contribution in [1.82, 2.24) is 9.80 Å². The van der Waals surface area contributed by atoms with Gasteiger partial charge in [0, 0.05) is 45.1 Å². The molecule has 14 heavy (non-hydrogen) atoms. The van der Waals surface area contributed by atoms with Gasteiger partial charge in [0.1, 0.15) is 5.78 Å². The maximum absolute atomic E-state index is 11.2. The van der Waals surface area contributed by atoms with Crippen LogP contribution in [0.1, 0.15) is 26.2 Å². The summed E-state index contributed by atoms with van der Waals surface area (Å²) in [7, 11) is 0. The van der Waals surface area contributed by atoms with Crippen LogP contribution < -0.4 is 0 Å². The van der Waals surface area contributed by atoms with Crippen LogP contribution in [0.2, 0.25) is 0 Å². The van der Waals surface area contributed by atoms with Crippen molar-refractivity contribution in [1.29, 1.82) is 0 Å². The number of Topliss-reactive ketones (excluding diaryl/α,β-unsaturated/α-hetero) is 1. The molecule has 0 N–H and O–H groups in total. The van der Waals surface area contributed by atoms with Crippen molar-refractivity contribution in [3.05, 3.63) is 0 Å². The van der Waals surface area contributed by atoms with Crippen LogP contribution in [0.4, 0.5) is 0 Å². The van der Waals surface area contributed by atoms with Gasteiger partial charge in [-0.1, -0.05) is 6.92 Å². The van der Waals surface area contributed by atoms with Gasteiger partial charge in [-0.2, -0.15) is 0 Å². The molecule has 80 valence electrons. The molecule has 0 amide bonds. The van der Waals surface area contributed by atoms with Crippen molar-refractivity contribution < 1.29 is 4.79 Å². The zero-order chi connectivity index (χ0) is 9.97. The molecular weight excluding hydrogens is 176 g/mol.